The Labute approximate surface area is 193 Å². The van der Waals surface area contributed by atoms with E-state index in [2.05, 4.69) is 20.6 Å². The van der Waals surface area contributed by atoms with E-state index in [-0.39, 0.29) is 34.7 Å². The standard InChI is InChI=1S/C22H16ClFN8O/c23-15-7-11(1-6-16(15)24)9-33-13-4-2-12(3-5-13)19-17-18(27)14(8-25)20(28)31-21(17)32-22(30-19)29-10-26/h1-7,19H,9H2,(H6,27,28,29,30,31,32). The lowest BCUT2D eigenvalue weighted by Crippen LogP contribution is -2.32. The van der Waals surface area contributed by atoms with Crippen molar-refractivity contribution in [2.24, 2.45) is 4.99 Å². The van der Waals surface area contributed by atoms with E-state index in [0.717, 1.165) is 5.56 Å². The predicted octanol–water partition coefficient (Wildman–Crippen LogP) is 3.43. The number of halogens is 2. The number of ether oxygens (including phenoxy) is 1. The van der Waals surface area contributed by atoms with Crippen LogP contribution in [-0.4, -0.2) is 10.9 Å². The number of nitriles is 2. The first kappa shape index (κ1) is 21.7. The molecule has 33 heavy (non-hydrogen) atoms. The van der Waals surface area contributed by atoms with Crippen LogP contribution in [0.3, 0.4) is 0 Å². The van der Waals surface area contributed by atoms with Crippen molar-refractivity contribution < 1.29 is 9.13 Å². The molecule has 9 nitrogen and oxygen atoms in total. The Morgan fingerprint density at radius 1 is 1.18 bits per heavy atom. The minimum absolute atomic E-state index is 0.0251. The van der Waals surface area contributed by atoms with Gasteiger partial charge in [-0.2, -0.15) is 10.5 Å². The quantitative estimate of drug-likeness (QED) is 0.339. The highest BCUT2D eigenvalue weighted by Crippen LogP contribution is 2.40. The lowest BCUT2D eigenvalue weighted by molar-refractivity contribution is 0.306. The molecule has 6 N–H and O–H groups in total. The number of fused-ring (bicyclic) bond motifs is 1. The summed E-state index contributed by atoms with van der Waals surface area (Å²) in [5.74, 6) is 0.513. The van der Waals surface area contributed by atoms with Gasteiger partial charge in [-0.3, -0.25) is 5.32 Å². The molecule has 0 radical (unpaired) electrons. The van der Waals surface area contributed by atoms with Crippen LogP contribution in [0.2, 0.25) is 5.02 Å². The molecule has 4 rings (SSSR count). The van der Waals surface area contributed by atoms with Crippen molar-refractivity contribution in [3.63, 3.8) is 0 Å². The van der Waals surface area contributed by atoms with Crippen LogP contribution in [0.25, 0.3) is 0 Å². The molecular weight excluding hydrogens is 447 g/mol. The van der Waals surface area contributed by atoms with Crippen molar-refractivity contribution in [2.75, 3.05) is 16.8 Å². The highest BCUT2D eigenvalue weighted by atomic mass is 35.5. The maximum atomic E-state index is 13.3. The molecule has 1 aliphatic rings. The first-order valence-corrected chi connectivity index (χ1v) is 9.94. The lowest BCUT2D eigenvalue weighted by Gasteiger charge is -2.26. The number of nitrogen functional groups attached to an aromatic ring is 2. The fourth-order valence-electron chi connectivity index (χ4n) is 3.36. The SMILES string of the molecule is N#CNC1=NC(c2ccc(OCc3ccc(F)c(Cl)c3)cc2)c2c(nc(N)c(C#N)c2N)N1. The highest BCUT2D eigenvalue weighted by molar-refractivity contribution is 6.30. The molecule has 0 bridgehead atoms. The summed E-state index contributed by atoms with van der Waals surface area (Å²) in [6.45, 7) is 0.200. The second-order valence-electron chi connectivity index (χ2n) is 7.01. The van der Waals surface area contributed by atoms with Crippen LogP contribution in [-0.2, 0) is 6.61 Å². The van der Waals surface area contributed by atoms with Gasteiger partial charge in [-0.05, 0) is 35.4 Å². The monoisotopic (exact) mass is 462 g/mol. The van der Waals surface area contributed by atoms with Crippen LogP contribution in [0.4, 0.5) is 21.7 Å². The molecule has 1 unspecified atom stereocenters. The molecule has 164 valence electrons. The molecule has 1 aromatic heterocycles. The molecule has 1 atom stereocenters. The van der Waals surface area contributed by atoms with E-state index in [0.29, 0.717) is 22.7 Å². The van der Waals surface area contributed by atoms with E-state index >= 15 is 0 Å². The molecule has 0 saturated carbocycles. The Bertz CT molecular complexity index is 1340. The summed E-state index contributed by atoms with van der Waals surface area (Å²) in [5.41, 5.74) is 14.2. The summed E-state index contributed by atoms with van der Waals surface area (Å²) < 4.78 is 19.1. The summed E-state index contributed by atoms with van der Waals surface area (Å²) in [7, 11) is 0. The summed E-state index contributed by atoms with van der Waals surface area (Å²) in [5, 5.41) is 23.7. The fraction of sp³-hybridized carbons (Fsp3) is 0.0909. The first-order valence-electron chi connectivity index (χ1n) is 9.56. The second-order valence-corrected chi connectivity index (χ2v) is 7.42. The van der Waals surface area contributed by atoms with Crippen molar-refractivity contribution in [3.05, 3.63) is 75.6 Å². The van der Waals surface area contributed by atoms with Crippen LogP contribution in [0.15, 0.2) is 47.5 Å². The topological polar surface area (TPSA) is 158 Å². The van der Waals surface area contributed by atoms with Gasteiger partial charge in [0.05, 0.1) is 10.7 Å². The zero-order valence-electron chi connectivity index (χ0n) is 16.9. The average molecular weight is 463 g/mol. The normalized spacial score (nSPS) is 14.2. The highest BCUT2D eigenvalue weighted by Gasteiger charge is 2.29. The van der Waals surface area contributed by atoms with E-state index < -0.39 is 11.9 Å². The maximum absolute atomic E-state index is 13.3. The number of hydrogen-bond acceptors (Lipinski definition) is 9. The third kappa shape index (κ3) is 4.28. The van der Waals surface area contributed by atoms with Gasteiger partial charge in [0.1, 0.15) is 47.5 Å². The average Bonchev–Trinajstić information content (AvgIpc) is 2.80. The number of nitrogens with zero attached hydrogens (tertiary/aromatic N) is 4. The van der Waals surface area contributed by atoms with Crippen LogP contribution in [0, 0.1) is 28.6 Å². The van der Waals surface area contributed by atoms with E-state index in [1.807, 2.05) is 6.07 Å². The number of hydrogen-bond donors (Lipinski definition) is 4. The van der Waals surface area contributed by atoms with E-state index in [4.69, 9.17) is 33.1 Å². The molecule has 2 aromatic carbocycles. The smallest absolute Gasteiger partial charge is 0.211 e. The van der Waals surface area contributed by atoms with Crippen molar-refractivity contribution in [3.8, 4) is 18.0 Å². The number of nitrogens with two attached hydrogens (primary N) is 2. The van der Waals surface area contributed by atoms with Crippen LogP contribution in [0.1, 0.15) is 28.3 Å². The van der Waals surface area contributed by atoms with E-state index in [1.54, 1.807) is 36.5 Å². The summed E-state index contributed by atoms with van der Waals surface area (Å²) >= 11 is 5.81. The minimum atomic E-state index is -0.651. The Morgan fingerprint density at radius 2 is 1.94 bits per heavy atom. The van der Waals surface area contributed by atoms with Gasteiger partial charge in [0.15, 0.2) is 6.19 Å². The zero-order chi connectivity index (χ0) is 23.5. The molecule has 11 heteroatoms. The fourth-order valence-corrected chi connectivity index (χ4v) is 3.57. The lowest BCUT2D eigenvalue weighted by atomic mass is 9.95. The number of benzene rings is 2. The maximum Gasteiger partial charge on any atom is 0.211 e. The predicted molar refractivity (Wildman–Crippen MR) is 122 cm³/mol. The van der Waals surface area contributed by atoms with Gasteiger partial charge >= 0.3 is 0 Å². The van der Waals surface area contributed by atoms with Gasteiger partial charge < -0.3 is 21.5 Å². The second kappa shape index (κ2) is 8.91. The first-order chi connectivity index (χ1) is 15.9. The summed E-state index contributed by atoms with van der Waals surface area (Å²) in [4.78, 5) is 8.72. The molecule has 0 amide bonds. The number of guanidine groups is 1. The van der Waals surface area contributed by atoms with Crippen LogP contribution < -0.4 is 26.8 Å². The molecule has 1 aliphatic heterocycles. The zero-order valence-corrected chi connectivity index (χ0v) is 17.7. The van der Waals surface area contributed by atoms with Crippen molar-refractivity contribution in [1.29, 1.82) is 10.5 Å². The molecular formula is C22H16ClFN8O. The third-order valence-corrected chi connectivity index (χ3v) is 5.23. The summed E-state index contributed by atoms with van der Waals surface area (Å²) in [6.07, 6.45) is 1.80. The van der Waals surface area contributed by atoms with Gasteiger partial charge in [0.2, 0.25) is 5.96 Å². The Kier molecular flexibility index (Phi) is 5.85. The van der Waals surface area contributed by atoms with Gasteiger partial charge in [0, 0.05) is 5.56 Å². The summed E-state index contributed by atoms with van der Waals surface area (Å²) in [6, 6.07) is 12.7. The molecule has 2 heterocycles. The van der Waals surface area contributed by atoms with Gasteiger partial charge in [-0.25, -0.2) is 14.4 Å². The largest absolute Gasteiger partial charge is 0.489 e. The number of aliphatic imine (C=N–C) groups is 1. The van der Waals surface area contributed by atoms with E-state index in [1.165, 1.54) is 12.1 Å². The van der Waals surface area contributed by atoms with Gasteiger partial charge in [-0.1, -0.05) is 29.8 Å². The Balaban J connectivity index is 1.63. The van der Waals surface area contributed by atoms with E-state index in [9.17, 15) is 9.65 Å². The number of aromatic nitrogens is 1. The molecule has 3 aromatic rings. The number of rotatable bonds is 4. The number of anilines is 3. The van der Waals surface area contributed by atoms with Gasteiger partial charge in [-0.15, -0.1) is 0 Å². The minimum Gasteiger partial charge on any atom is -0.489 e. The molecule has 0 saturated heterocycles. The molecule has 0 fully saturated rings. The van der Waals surface area contributed by atoms with Crippen molar-refractivity contribution >= 4 is 34.9 Å². The van der Waals surface area contributed by atoms with Crippen LogP contribution in [0.5, 0.6) is 5.75 Å². The molecule has 0 aliphatic carbocycles. The Morgan fingerprint density at radius 3 is 2.61 bits per heavy atom. The van der Waals surface area contributed by atoms with Crippen molar-refractivity contribution in [2.45, 2.75) is 12.6 Å². The Hall–Kier alpha value is -4.54. The number of nitrogens with one attached hydrogen (secondary N) is 2. The third-order valence-electron chi connectivity index (χ3n) is 4.94. The number of pyridine rings is 1. The molecule has 0 spiro atoms. The van der Waals surface area contributed by atoms with Crippen LogP contribution >= 0.6 is 11.6 Å². The van der Waals surface area contributed by atoms with Crippen molar-refractivity contribution in [1.82, 2.24) is 10.3 Å². The van der Waals surface area contributed by atoms with Gasteiger partial charge in [0.25, 0.3) is 0 Å².